The van der Waals surface area contributed by atoms with Crippen molar-refractivity contribution in [1.29, 1.82) is 0 Å². The highest BCUT2D eigenvalue weighted by atomic mass is 16.6. The summed E-state index contributed by atoms with van der Waals surface area (Å²) in [5.74, 6) is -2.59. The fraction of sp³-hybridized carbons (Fsp3) is 0.395. The van der Waals surface area contributed by atoms with Crippen LogP contribution in [0, 0.1) is 0 Å². The van der Waals surface area contributed by atoms with E-state index in [0.717, 1.165) is 44.9 Å². The van der Waals surface area contributed by atoms with Crippen molar-refractivity contribution in [1.82, 2.24) is 5.32 Å². The van der Waals surface area contributed by atoms with Crippen molar-refractivity contribution < 1.29 is 33.7 Å². The number of carboxylic acids is 1. The van der Waals surface area contributed by atoms with Crippen LogP contribution < -0.4 is 5.32 Å². The molecule has 0 heterocycles. The van der Waals surface area contributed by atoms with Crippen LogP contribution in [-0.2, 0) is 41.4 Å². The second-order valence-electron chi connectivity index (χ2n) is 11.4. The molecule has 0 spiro atoms. The van der Waals surface area contributed by atoms with Gasteiger partial charge in [0, 0.05) is 13.2 Å². The smallest absolute Gasteiger partial charge is 0.338 e. The van der Waals surface area contributed by atoms with Crippen molar-refractivity contribution in [3.8, 4) is 0 Å². The van der Waals surface area contributed by atoms with Gasteiger partial charge in [-0.1, -0.05) is 97.8 Å². The predicted molar refractivity (Wildman–Crippen MR) is 180 cm³/mol. The van der Waals surface area contributed by atoms with Crippen LogP contribution in [0.3, 0.4) is 0 Å². The lowest BCUT2D eigenvalue weighted by Gasteiger charge is -2.25. The van der Waals surface area contributed by atoms with Crippen molar-refractivity contribution in [2.24, 2.45) is 0 Å². The van der Waals surface area contributed by atoms with Gasteiger partial charge in [-0.15, -0.1) is 0 Å². The number of carbonyl (C=O) groups is 3. The number of carbonyl (C=O) groups excluding carboxylic acids is 2. The van der Waals surface area contributed by atoms with Crippen LogP contribution in [0.15, 0.2) is 84.9 Å². The summed E-state index contributed by atoms with van der Waals surface area (Å²) in [4.78, 5) is 37.2. The fourth-order valence-electron chi connectivity index (χ4n) is 5.51. The van der Waals surface area contributed by atoms with Gasteiger partial charge in [0.2, 0.25) is 0 Å². The number of esters is 1. The summed E-state index contributed by atoms with van der Waals surface area (Å²) in [6.45, 7) is 1.58. The first-order valence-corrected chi connectivity index (χ1v) is 16.3. The number of unbranched alkanes of at least 4 members (excludes halogenated alkanes) is 4. The summed E-state index contributed by atoms with van der Waals surface area (Å²) in [6, 6.07) is 29.5. The highest BCUT2D eigenvalue weighted by molar-refractivity contribution is 5.89. The molecule has 2 unspecified atom stereocenters. The summed E-state index contributed by atoms with van der Waals surface area (Å²) >= 11 is 0. The van der Waals surface area contributed by atoms with Crippen molar-refractivity contribution in [3.63, 3.8) is 0 Å². The number of carboxylic acid groups (broad SMARTS) is 1. The summed E-state index contributed by atoms with van der Waals surface area (Å²) in [5, 5.41) is 16.9. The molecule has 0 aliphatic carbocycles. The molecule has 4 rings (SSSR count). The highest BCUT2D eigenvalue weighted by Gasteiger charge is 2.37. The zero-order valence-corrected chi connectivity index (χ0v) is 26.6. The average Bonchev–Trinajstić information content (AvgIpc) is 3.06. The first kappa shape index (κ1) is 34.6. The number of nitrogens with one attached hydrogen (secondary N) is 1. The molecule has 2 N–H and O–H groups in total. The highest BCUT2D eigenvalue weighted by Crippen LogP contribution is 2.19. The van der Waals surface area contributed by atoms with Crippen LogP contribution in [0.5, 0.6) is 0 Å². The van der Waals surface area contributed by atoms with Crippen molar-refractivity contribution in [2.45, 2.75) is 70.5 Å². The van der Waals surface area contributed by atoms with Crippen LogP contribution >= 0.6 is 0 Å². The lowest BCUT2D eigenvalue weighted by atomic mass is 10.0. The number of aliphatic carboxylic acids is 1. The first-order valence-electron chi connectivity index (χ1n) is 16.3. The van der Waals surface area contributed by atoms with Gasteiger partial charge in [0.05, 0.1) is 6.61 Å². The molecule has 0 fully saturated rings. The Morgan fingerprint density at radius 1 is 0.674 bits per heavy atom. The maximum absolute atomic E-state index is 13.2. The van der Waals surface area contributed by atoms with Crippen molar-refractivity contribution >= 4 is 39.4 Å². The monoisotopic (exact) mass is 627 g/mol. The van der Waals surface area contributed by atoms with Gasteiger partial charge in [0.15, 0.2) is 12.2 Å². The van der Waals surface area contributed by atoms with Gasteiger partial charge in [-0.3, -0.25) is 4.79 Å². The van der Waals surface area contributed by atoms with E-state index in [4.69, 9.17) is 14.2 Å². The van der Waals surface area contributed by atoms with Gasteiger partial charge in [-0.25, -0.2) is 9.59 Å². The molecule has 0 aliphatic rings. The molecule has 0 aromatic heterocycles. The predicted octanol–water partition coefficient (Wildman–Crippen LogP) is 6.65. The summed E-state index contributed by atoms with van der Waals surface area (Å²) in [6.07, 6.45) is 4.08. The Bertz CT molecular complexity index is 1570. The number of hydrogen-bond donors (Lipinski definition) is 2. The fourth-order valence-corrected chi connectivity index (χ4v) is 5.51. The molecule has 244 valence electrons. The number of ether oxygens (including phenoxy) is 3. The Morgan fingerprint density at radius 2 is 1.24 bits per heavy atom. The van der Waals surface area contributed by atoms with E-state index < -0.39 is 36.7 Å². The standard InChI is InChI=1S/C38H45NO7/c1-2-44-38(43)36(45-24-12-4-6-14-29-20-22-31-16-8-10-18-33(31)26-29)35(46-27-34(40)41)37(42)39-23-11-3-5-13-28-19-21-30-15-7-9-17-32(30)25-28/h7-10,15-22,25-26,35-36H,2-6,11-14,23-24,27H2,1H3,(H,39,42)(H,40,41). The van der Waals surface area contributed by atoms with E-state index in [1.54, 1.807) is 6.92 Å². The largest absolute Gasteiger partial charge is 0.480 e. The van der Waals surface area contributed by atoms with Crippen molar-refractivity contribution in [3.05, 3.63) is 96.1 Å². The van der Waals surface area contributed by atoms with E-state index >= 15 is 0 Å². The van der Waals surface area contributed by atoms with Gasteiger partial charge in [-0.05, 0) is 78.1 Å². The maximum atomic E-state index is 13.2. The summed E-state index contributed by atoms with van der Waals surface area (Å²) in [5.41, 5.74) is 2.53. The number of hydrogen-bond acceptors (Lipinski definition) is 6. The van der Waals surface area contributed by atoms with E-state index in [2.05, 4.69) is 66.0 Å². The molecule has 4 aromatic rings. The molecule has 0 saturated heterocycles. The Morgan fingerprint density at radius 3 is 1.80 bits per heavy atom. The molecule has 0 radical (unpaired) electrons. The lowest BCUT2D eigenvalue weighted by molar-refractivity contribution is -0.176. The second kappa shape index (κ2) is 18.6. The van der Waals surface area contributed by atoms with E-state index in [9.17, 15) is 19.5 Å². The number of rotatable bonds is 20. The molecule has 1 amide bonds. The molecule has 0 saturated carbocycles. The normalized spacial score (nSPS) is 12.5. The van der Waals surface area contributed by atoms with E-state index in [0.29, 0.717) is 13.0 Å². The van der Waals surface area contributed by atoms with Crippen LogP contribution in [0.2, 0.25) is 0 Å². The minimum atomic E-state index is -1.44. The summed E-state index contributed by atoms with van der Waals surface area (Å²) < 4.78 is 16.4. The molecule has 4 aromatic carbocycles. The van der Waals surface area contributed by atoms with Gasteiger partial charge < -0.3 is 24.6 Å². The second-order valence-corrected chi connectivity index (χ2v) is 11.4. The number of aryl methyl sites for hydroxylation is 2. The quantitative estimate of drug-likeness (QED) is 0.0834. The van der Waals surface area contributed by atoms with Crippen molar-refractivity contribution in [2.75, 3.05) is 26.4 Å². The number of fused-ring (bicyclic) bond motifs is 2. The Labute approximate surface area is 271 Å². The van der Waals surface area contributed by atoms with E-state index in [-0.39, 0.29) is 13.2 Å². The van der Waals surface area contributed by atoms with Gasteiger partial charge in [-0.2, -0.15) is 0 Å². The molecule has 46 heavy (non-hydrogen) atoms. The molecule has 8 nitrogen and oxygen atoms in total. The SMILES string of the molecule is CCOC(=O)C(OCCCCCc1ccc2ccccc2c1)C(OCC(=O)O)C(=O)NCCCCCc1ccc2ccccc2c1. The Hall–Kier alpha value is -4.27. The van der Waals surface area contributed by atoms with Crippen LogP contribution in [0.4, 0.5) is 0 Å². The van der Waals surface area contributed by atoms with Crippen LogP contribution in [0.25, 0.3) is 21.5 Å². The molecule has 0 bridgehead atoms. The zero-order chi connectivity index (χ0) is 32.6. The van der Waals surface area contributed by atoms with Gasteiger partial charge >= 0.3 is 11.9 Å². The topological polar surface area (TPSA) is 111 Å². The third-order valence-electron chi connectivity index (χ3n) is 7.92. The number of benzene rings is 4. The zero-order valence-electron chi connectivity index (χ0n) is 26.6. The van der Waals surface area contributed by atoms with E-state index in [1.165, 1.54) is 32.7 Å². The minimum Gasteiger partial charge on any atom is -0.480 e. The molecule has 8 heteroatoms. The van der Waals surface area contributed by atoms with Crippen LogP contribution in [0.1, 0.15) is 56.6 Å². The maximum Gasteiger partial charge on any atom is 0.338 e. The lowest BCUT2D eigenvalue weighted by Crippen LogP contribution is -2.50. The molecule has 2 atom stereocenters. The third-order valence-corrected chi connectivity index (χ3v) is 7.92. The third kappa shape index (κ3) is 11.0. The van der Waals surface area contributed by atoms with Crippen LogP contribution in [-0.4, -0.2) is 61.5 Å². The Kier molecular flexibility index (Phi) is 14.0. The van der Waals surface area contributed by atoms with E-state index in [1.807, 2.05) is 24.3 Å². The molecule has 0 aliphatic heterocycles. The number of amides is 1. The van der Waals surface area contributed by atoms with Gasteiger partial charge in [0.1, 0.15) is 6.61 Å². The average molecular weight is 628 g/mol. The molecular formula is C38H45NO7. The van der Waals surface area contributed by atoms with Gasteiger partial charge in [0.25, 0.3) is 5.91 Å². The molecular weight excluding hydrogens is 582 g/mol. The minimum absolute atomic E-state index is 0.0922. The Balaban J connectivity index is 1.22. The first-order chi connectivity index (χ1) is 22.4. The summed E-state index contributed by atoms with van der Waals surface area (Å²) in [7, 11) is 0.